The van der Waals surface area contributed by atoms with Crippen molar-refractivity contribution in [2.24, 2.45) is 11.7 Å². The van der Waals surface area contributed by atoms with Gasteiger partial charge in [0.25, 0.3) is 5.91 Å². The molecule has 2 fully saturated rings. The second-order valence-corrected chi connectivity index (χ2v) is 13.1. The number of halogens is 4. The van der Waals surface area contributed by atoms with Gasteiger partial charge in [0.2, 0.25) is 5.91 Å². The molecule has 0 saturated heterocycles. The second-order valence-electron chi connectivity index (χ2n) is 12.4. The van der Waals surface area contributed by atoms with Gasteiger partial charge < -0.3 is 25.6 Å². The van der Waals surface area contributed by atoms with E-state index in [1.54, 1.807) is 12.1 Å². The largest absolute Gasteiger partial charge is 0.494 e. The standard InChI is InChI=1S/C32H29Cl2F2N5O5/c1-31(30(37)43)13-46-27-21(31)23(34)28(39-26(27)18-7-8-19(35)22(33)24(18)36)32(44,16-3-4-16)12-38-29(42)14-9-15-11-41(17-5-6-17)40-25(15)20(10-14)45-2/h7-11,16-17,44H,3-6,12-13H2,1-2H3,(H2,37,43)(H,38,42)/t31-,32+/m0/s1. The van der Waals surface area contributed by atoms with E-state index in [1.807, 2.05) is 10.9 Å². The molecule has 4 aromatic rings. The Bertz CT molecular complexity index is 1960. The summed E-state index contributed by atoms with van der Waals surface area (Å²) in [6.45, 7) is 0.956. The number of nitrogens with one attached hydrogen (secondary N) is 1. The van der Waals surface area contributed by atoms with Gasteiger partial charge in [-0.3, -0.25) is 14.3 Å². The summed E-state index contributed by atoms with van der Waals surface area (Å²) >= 11 is 12.8. The third-order valence-electron chi connectivity index (χ3n) is 9.16. The molecule has 1 aliphatic heterocycles. The normalized spacial score (nSPS) is 20.2. The molecule has 7 rings (SSSR count). The molecule has 46 heavy (non-hydrogen) atoms. The fraction of sp³-hybridized carbons (Fsp3) is 0.375. The number of amides is 2. The van der Waals surface area contributed by atoms with Crippen LogP contribution in [0.2, 0.25) is 10.0 Å². The number of nitrogens with two attached hydrogens (primary N) is 1. The zero-order chi connectivity index (χ0) is 32.7. The summed E-state index contributed by atoms with van der Waals surface area (Å²) in [4.78, 5) is 30.8. The number of rotatable bonds is 9. The van der Waals surface area contributed by atoms with Gasteiger partial charge in [-0.25, -0.2) is 13.8 Å². The Morgan fingerprint density at radius 3 is 2.61 bits per heavy atom. The van der Waals surface area contributed by atoms with E-state index in [4.69, 9.17) is 38.4 Å². The molecule has 2 aromatic carbocycles. The average molecular weight is 673 g/mol. The van der Waals surface area contributed by atoms with Crippen LogP contribution in [0.25, 0.3) is 22.2 Å². The first-order valence-electron chi connectivity index (χ1n) is 14.8. The van der Waals surface area contributed by atoms with Gasteiger partial charge >= 0.3 is 0 Å². The molecule has 2 saturated carbocycles. The molecule has 0 unspecified atom stereocenters. The zero-order valence-corrected chi connectivity index (χ0v) is 26.3. The Kier molecular flexibility index (Phi) is 7.18. The van der Waals surface area contributed by atoms with Crippen LogP contribution in [-0.4, -0.2) is 51.9 Å². The second kappa shape index (κ2) is 10.8. The highest BCUT2D eigenvalue weighted by molar-refractivity contribution is 6.33. The highest BCUT2D eigenvalue weighted by Crippen LogP contribution is 2.54. The smallest absolute Gasteiger partial charge is 0.251 e. The van der Waals surface area contributed by atoms with Gasteiger partial charge in [0, 0.05) is 28.3 Å². The van der Waals surface area contributed by atoms with Crippen molar-refractivity contribution >= 4 is 45.9 Å². The fourth-order valence-electron chi connectivity index (χ4n) is 6.08. The van der Waals surface area contributed by atoms with Crippen molar-refractivity contribution in [1.29, 1.82) is 0 Å². The number of pyridine rings is 1. The topological polar surface area (TPSA) is 142 Å². The van der Waals surface area contributed by atoms with E-state index in [9.17, 15) is 19.1 Å². The monoisotopic (exact) mass is 671 g/mol. The van der Waals surface area contributed by atoms with Crippen molar-refractivity contribution < 1.29 is 33.0 Å². The highest BCUT2D eigenvalue weighted by atomic mass is 35.5. The maximum Gasteiger partial charge on any atom is 0.251 e. The van der Waals surface area contributed by atoms with Gasteiger partial charge in [-0.15, -0.1) is 0 Å². The average Bonchev–Trinajstić information content (AvgIpc) is 3.98. The Balaban J connectivity index is 1.30. The molecule has 240 valence electrons. The number of ether oxygens (including phenoxy) is 2. The van der Waals surface area contributed by atoms with Gasteiger partial charge in [0.05, 0.1) is 30.4 Å². The predicted molar refractivity (Wildman–Crippen MR) is 165 cm³/mol. The van der Waals surface area contributed by atoms with E-state index in [0.29, 0.717) is 30.1 Å². The molecule has 2 aliphatic carbocycles. The fourth-order valence-corrected chi connectivity index (χ4v) is 6.74. The van der Waals surface area contributed by atoms with E-state index >= 15 is 4.39 Å². The molecular weight excluding hydrogens is 643 g/mol. The van der Waals surface area contributed by atoms with Gasteiger partial charge in [0.15, 0.2) is 11.6 Å². The minimum Gasteiger partial charge on any atom is -0.494 e. The van der Waals surface area contributed by atoms with Crippen molar-refractivity contribution in [2.75, 3.05) is 20.3 Å². The maximum atomic E-state index is 15.4. The van der Waals surface area contributed by atoms with Gasteiger partial charge in [0.1, 0.15) is 45.4 Å². The van der Waals surface area contributed by atoms with Crippen LogP contribution in [0.15, 0.2) is 30.5 Å². The lowest BCUT2D eigenvalue weighted by Gasteiger charge is -2.31. The van der Waals surface area contributed by atoms with E-state index < -0.39 is 39.5 Å². The lowest BCUT2D eigenvalue weighted by Crippen LogP contribution is -2.44. The summed E-state index contributed by atoms with van der Waals surface area (Å²) in [7, 11) is 1.50. The van der Waals surface area contributed by atoms with E-state index in [1.165, 1.54) is 14.0 Å². The van der Waals surface area contributed by atoms with E-state index in [-0.39, 0.29) is 57.9 Å². The van der Waals surface area contributed by atoms with E-state index in [0.717, 1.165) is 30.4 Å². The SMILES string of the molecule is COc1cc(C(=O)NC[C@](O)(c2nc(-c3ccc(F)c(Cl)c3F)c3c(c2Cl)[C@@](C)(C(N)=O)CO3)C2CC2)cc2cn(C3CC3)nc12. The Labute approximate surface area is 271 Å². The molecule has 2 amide bonds. The van der Waals surface area contributed by atoms with Crippen LogP contribution in [0.3, 0.4) is 0 Å². The predicted octanol–water partition coefficient (Wildman–Crippen LogP) is 5.19. The first-order valence-corrected chi connectivity index (χ1v) is 15.5. The van der Waals surface area contributed by atoms with Crippen LogP contribution in [0, 0.1) is 17.6 Å². The number of hydrogen-bond acceptors (Lipinski definition) is 7. The summed E-state index contributed by atoms with van der Waals surface area (Å²) in [6.07, 6.45) is 5.11. The summed E-state index contributed by atoms with van der Waals surface area (Å²) < 4.78 is 42.7. The Hall–Kier alpha value is -4.00. The van der Waals surface area contributed by atoms with Crippen molar-refractivity contribution in [3.8, 4) is 22.8 Å². The quantitative estimate of drug-likeness (QED) is 0.208. The molecule has 0 spiro atoms. The Morgan fingerprint density at radius 2 is 1.96 bits per heavy atom. The molecule has 4 N–H and O–H groups in total. The molecule has 10 nitrogen and oxygen atoms in total. The molecule has 2 aromatic heterocycles. The first kappa shape index (κ1) is 30.6. The van der Waals surface area contributed by atoms with Crippen LogP contribution in [0.4, 0.5) is 8.78 Å². The highest BCUT2D eigenvalue weighted by Gasteiger charge is 2.52. The van der Waals surface area contributed by atoms with Crippen molar-refractivity contribution in [2.45, 2.75) is 49.7 Å². The lowest BCUT2D eigenvalue weighted by atomic mass is 9.81. The van der Waals surface area contributed by atoms with Crippen molar-refractivity contribution in [1.82, 2.24) is 20.1 Å². The summed E-state index contributed by atoms with van der Waals surface area (Å²) in [5.74, 6) is -3.36. The van der Waals surface area contributed by atoms with Crippen LogP contribution >= 0.6 is 23.2 Å². The minimum absolute atomic E-state index is 0.0362. The number of hydrogen-bond donors (Lipinski definition) is 3. The number of primary amides is 1. The van der Waals surface area contributed by atoms with E-state index in [2.05, 4.69) is 15.4 Å². The molecule has 2 atom stereocenters. The number of fused-ring (bicyclic) bond motifs is 2. The molecule has 3 aliphatic rings. The summed E-state index contributed by atoms with van der Waals surface area (Å²) in [6, 6.07) is 5.71. The number of carbonyl (C=O) groups excluding carboxylic acids is 2. The third kappa shape index (κ3) is 4.76. The van der Waals surface area contributed by atoms with Crippen LogP contribution in [0.5, 0.6) is 11.5 Å². The lowest BCUT2D eigenvalue weighted by molar-refractivity contribution is -0.123. The Morgan fingerprint density at radius 1 is 1.22 bits per heavy atom. The van der Waals surface area contributed by atoms with Crippen LogP contribution in [-0.2, 0) is 15.8 Å². The van der Waals surface area contributed by atoms with Gasteiger partial charge in [-0.05, 0) is 62.8 Å². The number of nitrogens with zero attached hydrogens (tertiary/aromatic N) is 3. The van der Waals surface area contributed by atoms with Crippen molar-refractivity contribution in [3.05, 3.63) is 69.0 Å². The number of methoxy groups -OCH3 is 1. The molecule has 0 radical (unpaired) electrons. The molecule has 0 bridgehead atoms. The third-order valence-corrected chi connectivity index (χ3v) is 9.87. The number of benzene rings is 2. The van der Waals surface area contributed by atoms with Crippen molar-refractivity contribution in [3.63, 3.8) is 0 Å². The zero-order valence-electron chi connectivity index (χ0n) is 24.8. The van der Waals surface area contributed by atoms with Crippen LogP contribution < -0.4 is 20.5 Å². The van der Waals surface area contributed by atoms with Gasteiger partial charge in [-0.2, -0.15) is 5.10 Å². The number of aromatic nitrogens is 3. The number of carbonyl (C=O) groups is 2. The summed E-state index contributed by atoms with van der Waals surface area (Å²) in [5.41, 5.74) is 2.99. The maximum absolute atomic E-state index is 15.4. The van der Waals surface area contributed by atoms with Gasteiger partial charge in [-0.1, -0.05) is 23.2 Å². The molecule has 14 heteroatoms. The summed E-state index contributed by atoms with van der Waals surface area (Å²) in [5, 5.41) is 19.6. The minimum atomic E-state index is -1.86. The van der Waals surface area contributed by atoms with Crippen LogP contribution in [0.1, 0.15) is 60.3 Å². The molecular formula is C32H29Cl2F2N5O5. The number of aliphatic hydroxyl groups is 1. The first-order chi connectivity index (χ1) is 21.9. The molecule has 3 heterocycles.